The normalized spacial score (nSPS) is 29.8. The third kappa shape index (κ3) is 2.82. The summed E-state index contributed by atoms with van der Waals surface area (Å²) in [5.74, 6) is 0.318. The number of ether oxygens (including phenoxy) is 1. The van der Waals surface area contributed by atoms with Gasteiger partial charge in [0.15, 0.2) is 6.23 Å². The first-order valence-corrected chi connectivity index (χ1v) is 10.0. The summed E-state index contributed by atoms with van der Waals surface area (Å²) in [6.07, 6.45) is -0.491. The Morgan fingerprint density at radius 3 is 3.00 bits per heavy atom. The number of rotatable bonds is 3. The number of fused-ring (bicyclic) bond motifs is 2. The summed E-state index contributed by atoms with van der Waals surface area (Å²) < 4.78 is 7.69. The molecule has 4 heterocycles. The molecule has 3 aromatic rings. The van der Waals surface area contributed by atoms with E-state index < -0.39 is 30.1 Å². The van der Waals surface area contributed by atoms with Crippen LogP contribution in [-0.2, 0) is 17.7 Å². The predicted octanol–water partition coefficient (Wildman–Crippen LogP) is 0.402. The lowest BCUT2D eigenvalue weighted by Gasteiger charge is -2.31. The Kier molecular flexibility index (Phi) is 4.53. The number of nitrogens with two attached hydrogens (primary N) is 1. The third-order valence-corrected chi connectivity index (χ3v) is 6.33. The van der Waals surface area contributed by atoms with Gasteiger partial charge in [-0.1, -0.05) is 18.2 Å². The van der Waals surface area contributed by atoms with E-state index in [1.807, 2.05) is 18.2 Å². The van der Waals surface area contributed by atoms with Crippen LogP contribution in [0.2, 0.25) is 0 Å². The Morgan fingerprint density at radius 2 is 2.17 bits per heavy atom. The highest BCUT2D eigenvalue weighted by Crippen LogP contribution is 2.44. The molecule has 0 radical (unpaired) electrons. The van der Waals surface area contributed by atoms with Crippen molar-refractivity contribution in [2.45, 2.75) is 50.0 Å². The van der Waals surface area contributed by atoms with E-state index in [4.69, 9.17) is 10.5 Å². The van der Waals surface area contributed by atoms with Gasteiger partial charge in [-0.15, -0.1) is 0 Å². The quantitative estimate of drug-likeness (QED) is 0.418. The Labute approximate surface area is 173 Å². The number of hydrogen-bond donors (Lipinski definition) is 5. The lowest BCUT2D eigenvalue weighted by Crippen LogP contribution is -2.47. The summed E-state index contributed by atoms with van der Waals surface area (Å²) in [6.45, 7) is 3.01. The number of nitrogens with zero attached hydrogens (tertiary/aromatic N) is 3. The lowest BCUT2D eigenvalue weighted by molar-refractivity contribution is -0.115. The minimum atomic E-state index is -1.69. The molecule has 6 N–H and O–H groups in total. The van der Waals surface area contributed by atoms with Crippen LogP contribution in [0.1, 0.15) is 35.9 Å². The van der Waals surface area contributed by atoms with Crippen LogP contribution in [0.25, 0.3) is 11.0 Å². The van der Waals surface area contributed by atoms with Crippen molar-refractivity contribution in [3.8, 4) is 0 Å². The first kappa shape index (κ1) is 19.4. The number of nitrogen functional groups attached to an aromatic ring is 1. The van der Waals surface area contributed by atoms with Gasteiger partial charge < -0.3 is 35.7 Å². The zero-order chi connectivity index (χ0) is 21.0. The molecule has 0 saturated carbocycles. The fraction of sp³-hybridized carbons (Fsp3) is 0.429. The molecule has 0 unspecified atom stereocenters. The molecular formula is C21H25N5O4. The summed E-state index contributed by atoms with van der Waals surface area (Å²) in [7, 11) is 0. The van der Waals surface area contributed by atoms with E-state index in [0.717, 1.165) is 18.5 Å². The van der Waals surface area contributed by atoms with Crippen molar-refractivity contribution in [3.05, 3.63) is 53.5 Å². The highest BCUT2D eigenvalue weighted by molar-refractivity contribution is 5.86. The largest absolute Gasteiger partial charge is 0.386 e. The molecule has 2 aromatic heterocycles. The molecule has 0 bridgehead atoms. The number of aliphatic hydroxyl groups is 3. The van der Waals surface area contributed by atoms with Gasteiger partial charge in [0.05, 0.1) is 5.39 Å². The van der Waals surface area contributed by atoms with Crippen LogP contribution in [0.15, 0.2) is 36.8 Å². The van der Waals surface area contributed by atoms with E-state index in [2.05, 4.69) is 15.3 Å². The van der Waals surface area contributed by atoms with Crippen molar-refractivity contribution in [2.75, 3.05) is 12.3 Å². The van der Waals surface area contributed by atoms with E-state index >= 15 is 0 Å². The molecule has 2 aliphatic rings. The van der Waals surface area contributed by atoms with Gasteiger partial charge in [0, 0.05) is 12.7 Å². The number of anilines is 1. The van der Waals surface area contributed by atoms with E-state index in [0.29, 0.717) is 29.0 Å². The van der Waals surface area contributed by atoms with Crippen LogP contribution in [0.4, 0.5) is 5.82 Å². The van der Waals surface area contributed by atoms with E-state index in [1.54, 1.807) is 16.8 Å². The zero-order valence-electron chi connectivity index (χ0n) is 16.6. The van der Waals surface area contributed by atoms with Crippen LogP contribution in [0, 0.1) is 0 Å². The van der Waals surface area contributed by atoms with Gasteiger partial charge in [0.2, 0.25) is 0 Å². The first-order chi connectivity index (χ1) is 14.4. The van der Waals surface area contributed by atoms with Crippen LogP contribution in [0.3, 0.4) is 0 Å². The highest BCUT2D eigenvalue weighted by Gasteiger charge is 2.56. The Balaban J connectivity index is 1.52. The molecule has 2 aliphatic heterocycles. The molecule has 1 fully saturated rings. The molecule has 5 atom stereocenters. The number of aliphatic hydroxyl groups excluding tert-OH is 2. The molecule has 9 heteroatoms. The van der Waals surface area contributed by atoms with Gasteiger partial charge in [0.1, 0.15) is 41.7 Å². The summed E-state index contributed by atoms with van der Waals surface area (Å²) in [5.41, 5.74) is 7.58. The van der Waals surface area contributed by atoms with Crippen molar-refractivity contribution in [2.24, 2.45) is 0 Å². The number of benzene rings is 1. The van der Waals surface area contributed by atoms with Crippen LogP contribution >= 0.6 is 0 Å². The molecule has 30 heavy (non-hydrogen) atoms. The summed E-state index contributed by atoms with van der Waals surface area (Å²) in [5, 5.41) is 37.2. The van der Waals surface area contributed by atoms with Gasteiger partial charge >= 0.3 is 0 Å². The molecule has 0 spiro atoms. The average Bonchev–Trinajstić information content (AvgIpc) is 3.27. The lowest BCUT2D eigenvalue weighted by atomic mass is 9.85. The molecule has 1 aromatic carbocycles. The van der Waals surface area contributed by atoms with E-state index in [1.165, 1.54) is 18.8 Å². The topological polar surface area (TPSA) is 139 Å². The maximum atomic E-state index is 11.2. The SMILES string of the molecule is C[C@@]1(O)[C@@H]([C@H](O)c2cccc3c2CNCC3)O[C@@H](n2ccc3c(N)ncnc32)[C@@H]1O. The third-order valence-electron chi connectivity index (χ3n) is 6.33. The van der Waals surface area contributed by atoms with Crippen LogP contribution in [0.5, 0.6) is 0 Å². The minimum absolute atomic E-state index is 0.318. The summed E-state index contributed by atoms with van der Waals surface area (Å²) in [4.78, 5) is 8.22. The molecule has 1 saturated heterocycles. The Morgan fingerprint density at radius 1 is 1.33 bits per heavy atom. The second-order valence-electron chi connectivity index (χ2n) is 8.19. The predicted molar refractivity (Wildman–Crippen MR) is 109 cm³/mol. The van der Waals surface area contributed by atoms with Crippen molar-refractivity contribution < 1.29 is 20.1 Å². The smallest absolute Gasteiger partial charge is 0.164 e. The fourth-order valence-electron chi connectivity index (χ4n) is 4.61. The van der Waals surface area contributed by atoms with Crippen molar-refractivity contribution in [1.82, 2.24) is 19.9 Å². The molecule has 0 aliphatic carbocycles. The van der Waals surface area contributed by atoms with Gasteiger partial charge in [-0.2, -0.15) is 0 Å². The molecule has 0 amide bonds. The zero-order valence-corrected chi connectivity index (χ0v) is 16.6. The van der Waals surface area contributed by atoms with Crippen molar-refractivity contribution in [3.63, 3.8) is 0 Å². The van der Waals surface area contributed by atoms with Crippen molar-refractivity contribution >= 4 is 16.9 Å². The fourth-order valence-corrected chi connectivity index (χ4v) is 4.61. The molecule has 5 rings (SSSR count). The van der Waals surface area contributed by atoms with Gasteiger partial charge in [-0.05, 0) is 42.6 Å². The van der Waals surface area contributed by atoms with Crippen LogP contribution in [-0.4, -0.2) is 54.2 Å². The second-order valence-corrected chi connectivity index (χ2v) is 8.19. The van der Waals surface area contributed by atoms with E-state index in [9.17, 15) is 15.3 Å². The average molecular weight is 411 g/mol. The van der Waals surface area contributed by atoms with Gasteiger partial charge in [-0.3, -0.25) is 0 Å². The standard InChI is InChI=1S/C21H25N5O4/c1-21(29)16(28)20(26-8-6-13-18(22)24-10-25-19(13)26)30-17(21)15(27)12-4-2-3-11-5-7-23-9-14(11)12/h2-4,6,8,10,15-17,20,23,27-29H,5,7,9H2,1H3,(H2,22,24,25)/t15-,16+,17-,20-,21+/m1/s1. The summed E-state index contributed by atoms with van der Waals surface area (Å²) in [6, 6.07) is 7.53. The first-order valence-electron chi connectivity index (χ1n) is 10.0. The summed E-state index contributed by atoms with van der Waals surface area (Å²) >= 11 is 0. The van der Waals surface area contributed by atoms with Gasteiger partial charge in [0.25, 0.3) is 0 Å². The minimum Gasteiger partial charge on any atom is -0.386 e. The second kappa shape index (κ2) is 7.00. The monoisotopic (exact) mass is 411 g/mol. The highest BCUT2D eigenvalue weighted by atomic mass is 16.6. The number of aromatic nitrogens is 3. The Bertz CT molecular complexity index is 1100. The Hall–Kier alpha value is -2.56. The number of hydrogen-bond acceptors (Lipinski definition) is 8. The molecular weight excluding hydrogens is 386 g/mol. The van der Waals surface area contributed by atoms with Crippen LogP contribution < -0.4 is 11.1 Å². The maximum absolute atomic E-state index is 11.2. The van der Waals surface area contributed by atoms with Crippen molar-refractivity contribution in [1.29, 1.82) is 0 Å². The maximum Gasteiger partial charge on any atom is 0.164 e. The number of nitrogens with one attached hydrogen (secondary N) is 1. The molecule has 158 valence electrons. The van der Waals surface area contributed by atoms with Gasteiger partial charge in [-0.25, -0.2) is 9.97 Å². The van der Waals surface area contributed by atoms with E-state index in [-0.39, 0.29) is 0 Å². The molecule has 9 nitrogen and oxygen atoms in total.